The predicted molar refractivity (Wildman–Crippen MR) is 102 cm³/mol. The van der Waals surface area contributed by atoms with Crippen molar-refractivity contribution in [2.24, 2.45) is 5.41 Å². The van der Waals surface area contributed by atoms with E-state index in [0.29, 0.717) is 26.4 Å². The normalized spacial score (nSPS) is 14.5. The number of methoxy groups -OCH3 is 1. The standard InChI is InChI=1S/C15H38O4Si3/c1-16-11-15(12-17-20(2,3)4,13-18-21(5,6)7)14-19-22(8,9)10/h11-14H2,1-10H3. The van der Waals surface area contributed by atoms with Gasteiger partial charge in [-0.25, -0.2) is 0 Å². The van der Waals surface area contributed by atoms with Gasteiger partial charge in [0.05, 0.1) is 12.0 Å². The first-order chi connectivity index (χ1) is 9.68. The summed E-state index contributed by atoms with van der Waals surface area (Å²) in [4.78, 5) is 0. The third-order valence-corrected chi connectivity index (χ3v) is 5.92. The molecular weight excluding hydrogens is 328 g/mol. The van der Waals surface area contributed by atoms with Crippen LogP contribution < -0.4 is 0 Å². The van der Waals surface area contributed by atoms with Crippen LogP contribution in [0.25, 0.3) is 0 Å². The SMILES string of the molecule is COCC(CO[Si](C)(C)C)(CO[Si](C)(C)C)CO[Si](C)(C)C. The van der Waals surface area contributed by atoms with Gasteiger partial charge in [-0.1, -0.05) is 0 Å². The molecule has 0 saturated heterocycles. The zero-order valence-corrected chi connectivity index (χ0v) is 19.5. The van der Waals surface area contributed by atoms with Crippen LogP contribution in [-0.4, -0.2) is 58.5 Å². The van der Waals surface area contributed by atoms with Crippen LogP contribution in [0.2, 0.25) is 58.9 Å². The molecule has 0 heterocycles. The first kappa shape index (κ1) is 22.5. The van der Waals surface area contributed by atoms with Crippen molar-refractivity contribution in [3.05, 3.63) is 0 Å². The summed E-state index contributed by atoms with van der Waals surface area (Å²) >= 11 is 0. The van der Waals surface area contributed by atoms with Crippen LogP contribution in [0.1, 0.15) is 0 Å². The maximum atomic E-state index is 6.21. The van der Waals surface area contributed by atoms with Gasteiger partial charge in [0, 0.05) is 26.9 Å². The van der Waals surface area contributed by atoms with Crippen molar-refractivity contribution in [2.45, 2.75) is 58.9 Å². The van der Waals surface area contributed by atoms with Gasteiger partial charge < -0.3 is 18.0 Å². The Labute approximate surface area is 141 Å². The second-order valence-corrected chi connectivity index (χ2v) is 22.7. The van der Waals surface area contributed by atoms with Crippen LogP contribution in [0.15, 0.2) is 0 Å². The molecule has 134 valence electrons. The molecule has 7 heteroatoms. The smallest absolute Gasteiger partial charge is 0.183 e. The van der Waals surface area contributed by atoms with Gasteiger partial charge in [-0.2, -0.15) is 0 Å². The van der Waals surface area contributed by atoms with E-state index in [1.807, 2.05) is 0 Å². The summed E-state index contributed by atoms with van der Waals surface area (Å²) in [5.74, 6) is 0. The fourth-order valence-corrected chi connectivity index (χ4v) is 3.88. The van der Waals surface area contributed by atoms with E-state index >= 15 is 0 Å². The van der Waals surface area contributed by atoms with Crippen molar-refractivity contribution in [3.8, 4) is 0 Å². The van der Waals surface area contributed by atoms with Crippen LogP contribution in [0, 0.1) is 5.41 Å². The highest BCUT2D eigenvalue weighted by Crippen LogP contribution is 2.25. The van der Waals surface area contributed by atoms with E-state index in [0.717, 1.165) is 0 Å². The molecule has 0 aliphatic carbocycles. The van der Waals surface area contributed by atoms with E-state index in [-0.39, 0.29) is 5.41 Å². The highest BCUT2D eigenvalue weighted by Gasteiger charge is 2.36. The Morgan fingerprint density at radius 1 is 0.545 bits per heavy atom. The molecule has 0 saturated carbocycles. The Kier molecular flexibility index (Phi) is 8.74. The topological polar surface area (TPSA) is 36.9 Å². The minimum absolute atomic E-state index is 0.213. The van der Waals surface area contributed by atoms with Crippen molar-refractivity contribution in [1.82, 2.24) is 0 Å². The van der Waals surface area contributed by atoms with E-state index in [9.17, 15) is 0 Å². The lowest BCUT2D eigenvalue weighted by Gasteiger charge is -2.38. The monoisotopic (exact) mass is 366 g/mol. The summed E-state index contributed by atoms with van der Waals surface area (Å²) in [7, 11) is -3.03. The van der Waals surface area contributed by atoms with Crippen molar-refractivity contribution in [3.63, 3.8) is 0 Å². The van der Waals surface area contributed by atoms with Gasteiger partial charge in [0.2, 0.25) is 0 Å². The number of hydrogen-bond acceptors (Lipinski definition) is 4. The first-order valence-corrected chi connectivity index (χ1v) is 18.3. The van der Waals surface area contributed by atoms with Gasteiger partial charge >= 0.3 is 0 Å². The molecule has 0 unspecified atom stereocenters. The van der Waals surface area contributed by atoms with Crippen molar-refractivity contribution in [1.29, 1.82) is 0 Å². The van der Waals surface area contributed by atoms with E-state index in [4.69, 9.17) is 18.0 Å². The van der Waals surface area contributed by atoms with Gasteiger partial charge in [-0.3, -0.25) is 0 Å². The average Bonchev–Trinajstić information content (AvgIpc) is 2.28. The largest absolute Gasteiger partial charge is 0.417 e. The van der Waals surface area contributed by atoms with Crippen LogP contribution in [0.4, 0.5) is 0 Å². The maximum Gasteiger partial charge on any atom is 0.183 e. The summed E-state index contributed by atoms with van der Waals surface area (Å²) in [6, 6.07) is 0. The summed E-state index contributed by atoms with van der Waals surface area (Å²) in [5.41, 5.74) is -0.213. The van der Waals surface area contributed by atoms with E-state index in [1.165, 1.54) is 0 Å². The van der Waals surface area contributed by atoms with Crippen LogP contribution >= 0.6 is 0 Å². The Hall–Kier alpha value is 0.491. The fraction of sp³-hybridized carbons (Fsp3) is 1.00. The molecule has 0 aromatic rings. The highest BCUT2D eigenvalue weighted by molar-refractivity contribution is 6.70. The molecule has 0 aliphatic heterocycles. The van der Waals surface area contributed by atoms with Gasteiger partial charge in [-0.05, 0) is 58.9 Å². The summed E-state index contributed by atoms with van der Waals surface area (Å²) in [6.07, 6.45) is 0. The minimum atomic E-state index is -1.59. The molecule has 0 aliphatic rings. The molecule has 4 nitrogen and oxygen atoms in total. The third-order valence-electron chi connectivity index (χ3n) is 2.88. The van der Waals surface area contributed by atoms with Crippen molar-refractivity contribution < 1.29 is 18.0 Å². The lowest BCUT2D eigenvalue weighted by molar-refractivity contribution is -0.0317. The lowest BCUT2D eigenvalue weighted by atomic mass is 9.93. The van der Waals surface area contributed by atoms with E-state index < -0.39 is 25.0 Å². The Balaban J connectivity index is 5.07. The lowest BCUT2D eigenvalue weighted by Crippen LogP contribution is -2.48. The molecule has 0 N–H and O–H groups in total. The molecule has 0 rings (SSSR count). The average molecular weight is 367 g/mol. The van der Waals surface area contributed by atoms with Crippen molar-refractivity contribution in [2.75, 3.05) is 33.5 Å². The van der Waals surface area contributed by atoms with Crippen LogP contribution in [-0.2, 0) is 18.0 Å². The molecule has 0 aromatic heterocycles. The summed E-state index contributed by atoms with van der Waals surface area (Å²) in [5, 5.41) is 0. The zero-order chi connectivity index (χ0) is 17.7. The Morgan fingerprint density at radius 3 is 1.00 bits per heavy atom. The van der Waals surface area contributed by atoms with Crippen molar-refractivity contribution >= 4 is 25.0 Å². The van der Waals surface area contributed by atoms with Gasteiger partial charge in [0.25, 0.3) is 0 Å². The second kappa shape index (κ2) is 8.55. The predicted octanol–water partition coefficient (Wildman–Crippen LogP) is 4.17. The number of hydrogen-bond donors (Lipinski definition) is 0. The number of ether oxygens (including phenoxy) is 1. The van der Waals surface area contributed by atoms with Crippen LogP contribution in [0.5, 0.6) is 0 Å². The molecule has 0 amide bonds. The maximum absolute atomic E-state index is 6.21. The van der Waals surface area contributed by atoms with E-state index in [2.05, 4.69) is 58.9 Å². The molecule has 22 heavy (non-hydrogen) atoms. The molecule has 0 fully saturated rings. The van der Waals surface area contributed by atoms with E-state index in [1.54, 1.807) is 7.11 Å². The quantitative estimate of drug-likeness (QED) is 0.514. The minimum Gasteiger partial charge on any atom is -0.417 e. The Morgan fingerprint density at radius 2 is 0.818 bits per heavy atom. The zero-order valence-electron chi connectivity index (χ0n) is 16.5. The van der Waals surface area contributed by atoms with Crippen LogP contribution in [0.3, 0.4) is 0 Å². The fourth-order valence-electron chi connectivity index (χ4n) is 1.66. The van der Waals surface area contributed by atoms with Gasteiger partial charge in [-0.15, -0.1) is 0 Å². The summed E-state index contributed by atoms with van der Waals surface area (Å²) in [6.45, 7) is 22.4. The second-order valence-electron chi connectivity index (χ2n) is 9.14. The molecule has 0 spiro atoms. The molecule has 0 aromatic carbocycles. The Bertz CT molecular complexity index is 271. The molecule has 0 radical (unpaired) electrons. The third kappa shape index (κ3) is 12.0. The van der Waals surface area contributed by atoms with Gasteiger partial charge in [0.1, 0.15) is 0 Å². The van der Waals surface area contributed by atoms with Gasteiger partial charge in [0.15, 0.2) is 25.0 Å². The molecule has 0 bridgehead atoms. The number of rotatable bonds is 11. The molecule has 0 atom stereocenters. The summed E-state index contributed by atoms with van der Waals surface area (Å²) < 4.78 is 24.1. The first-order valence-electron chi connectivity index (χ1n) is 8.09. The highest BCUT2D eigenvalue weighted by atomic mass is 28.4. The molecular formula is C15H38O4Si3.